The smallest absolute Gasteiger partial charge is 0.0755 e. The molecule has 3 rings (SSSR count). The first-order valence-electron chi connectivity index (χ1n) is 8.39. The lowest BCUT2D eigenvalue weighted by atomic mass is 9.98. The van der Waals surface area contributed by atoms with Crippen molar-refractivity contribution in [1.82, 2.24) is 19.6 Å². The monoisotopic (exact) mass is 292 g/mol. The summed E-state index contributed by atoms with van der Waals surface area (Å²) in [4.78, 5) is 5.15. The Morgan fingerprint density at radius 2 is 2.24 bits per heavy atom. The second-order valence-corrected chi connectivity index (χ2v) is 6.24. The molecule has 2 fully saturated rings. The van der Waals surface area contributed by atoms with Crippen molar-refractivity contribution in [2.24, 2.45) is 0 Å². The summed E-state index contributed by atoms with van der Waals surface area (Å²) in [5, 5.41) is 4.45. The topological polar surface area (TPSA) is 33.5 Å². The van der Waals surface area contributed by atoms with Gasteiger partial charge in [0.25, 0.3) is 0 Å². The van der Waals surface area contributed by atoms with E-state index < -0.39 is 0 Å². The van der Waals surface area contributed by atoms with Crippen molar-refractivity contribution in [2.45, 2.75) is 51.9 Å². The zero-order valence-electron chi connectivity index (χ0n) is 13.4. The maximum Gasteiger partial charge on any atom is 0.0755 e. The highest BCUT2D eigenvalue weighted by Gasteiger charge is 2.36. The molecule has 2 aliphatic heterocycles. The molecule has 118 valence electrons. The van der Waals surface area contributed by atoms with E-state index in [-0.39, 0.29) is 0 Å². The Kier molecular flexibility index (Phi) is 4.93. The Balaban J connectivity index is 1.64. The number of ether oxygens (including phenoxy) is 1. The van der Waals surface area contributed by atoms with Gasteiger partial charge in [0, 0.05) is 50.5 Å². The minimum atomic E-state index is 0.423. The fraction of sp³-hybridized carbons (Fsp3) is 0.812. The SMILES string of the molecule is CCCn1cc(CN2CCO[C@@H]3CCN(CC)C[C@@H]32)cn1. The minimum absolute atomic E-state index is 0.423. The van der Waals surface area contributed by atoms with Gasteiger partial charge in [-0.2, -0.15) is 5.10 Å². The number of likely N-dealkylation sites (N-methyl/N-ethyl adjacent to an activating group) is 1. The maximum absolute atomic E-state index is 6.00. The molecule has 21 heavy (non-hydrogen) atoms. The van der Waals surface area contributed by atoms with E-state index in [1.165, 1.54) is 18.5 Å². The Morgan fingerprint density at radius 3 is 3.05 bits per heavy atom. The molecular formula is C16H28N4O. The van der Waals surface area contributed by atoms with Crippen molar-refractivity contribution in [3.05, 3.63) is 18.0 Å². The number of likely N-dealkylation sites (tertiary alicyclic amines) is 1. The van der Waals surface area contributed by atoms with Gasteiger partial charge in [-0.05, 0) is 19.4 Å². The van der Waals surface area contributed by atoms with E-state index >= 15 is 0 Å². The van der Waals surface area contributed by atoms with Crippen LogP contribution >= 0.6 is 0 Å². The average molecular weight is 292 g/mol. The van der Waals surface area contributed by atoms with Gasteiger partial charge in [0.05, 0.1) is 18.9 Å². The molecule has 1 aromatic heterocycles. The van der Waals surface area contributed by atoms with Crippen LogP contribution in [0.1, 0.15) is 32.3 Å². The molecule has 0 unspecified atom stereocenters. The lowest BCUT2D eigenvalue weighted by Crippen LogP contribution is -2.59. The lowest BCUT2D eigenvalue weighted by Gasteiger charge is -2.46. The molecule has 2 atom stereocenters. The van der Waals surface area contributed by atoms with Crippen LogP contribution in [0.4, 0.5) is 0 Å². The van der Waals surface area contributed by atoms with Crippen molar-refractivity contribution in [1.29, 1.82) is 0 Å². The standard InChI is InChI=1S/C16H28N4O/c1-3-6-20-12-14(10-17-20)11-19-8-9-21-16-5-7-18(4-2)13-15(16)19/h10,12,15-16H,3-9,11,13H2,1-2H3/t15-,16+/m0/s1. The fourth-order valence-electron chi connectivity index (χ4n) is 3.57. The van der Waals surface area contributed by atoms with Gasteiger partial charge in [-0.15, -0.1) is 0 Å². The quantitative estimate of drug-likeness (QED) is 0.825. The van der Waals surface area contributed by atoms with Crippen molar-refractivity contribution >= 4 is 0 Å². The molecule has 2 saturated heterocycles. The predicted molar refractivity (Wildman–Crippen MR) is 83.2 cm³/mol. The van der Waals surface area contributed by atoms with E-state index in [2.05, 4.69) is 39.6 Å². The second-order valence-electron chi connectivity index (χ2n) is 6.24. The van der Waals surface area contributed by atoms with Crippen LogP contribution in [0.15, 0.2) is 12.4 Å². The zero-order chi connectivity index (χ0) is 14.7. The fourth-order valence-corrected chi connectivity index (χ4v) is 3.57. The van der Waals surface area contributed by atoms with E-state index in [4.69, 9.17) is 4.74 Å². The van der Waals surface area contributed by atoms with E-state index in [1.54, 1.807) is 0 Å². The lowest BCUT2D eigenvalue weighted by molar-refractivity contribution is -0.105. The van der Waals surface area contributed by atoms with Crippen molar-refractivity contribution < 1.29 is 4.74 Å². The van der Waals surface area contributed by atoms with Crippen LogP contribution in [0.2, 0.25) is 0 Å². The molecule has 0 saturated carbocycles. The highest BCUT2D eigenvalue weighted by molar-refractivity contribution is 5.05. The van der Waals surface area contributed by atoms with E-state index in [0.717, 1.165) is 45.8 Å². The molecule has 0 bridgehead atoms. The Labute approximate surface area is 127 Å². The molecule has 5 nitrogen and oxygen atoms in total. The van der Waals surface area contributed by atoms with Gasteiger partial charge < -0.3 is 9.64 Å². The molecule has 0 radical (unpaired) electrons. The summed E-state index contributed by atoms with van der Waals surface area (Å²) < 4.78 is 8.06. The van der Waals surface area contributed by atoms with Crippen molar-refractivity contribution in [3.8, 4) is 0 Å². The van der Waals surface area contributed by atoms with Gasteiger partial charge in [-0.1, -0.05) is 13.8 Å². The van der Waals surface area contributed by atoms with Crippen LogP contribution in [0.5, 0.6) is 0 Å². The van der Waals surface area contributed by atoms with Crippen molar-refractivity contribution in [2.75, 3.05) is 32.8 Å². The van der Waals surface area contributed by atoms with E-state index in [1.807, 2.05) is 6.20 Å². The number of rotatable bonds is 5. The van der Waals surface area contributed by atoms with Crippen molar-refractivity contribution in [3.63, 3.8) is 0 Å². The van der Waals surface area contributed by atoms with Gasteiger partial charge in [0.1, 0.15) is 0 Å². The minimum Gasteiger partial charge on any atom is -0.375 e. The number of piperidine rings is 1. The second kappa shape index (κ2) is 6.90. The molecule has 0 spiro atoms. The molecule has 2 aliphatic rings. The van der Waals surface area contributed by atoms with Crippen LogP contribution in [-0.4, -0.2) is 64.5 Å². The van der Waals surface area contributed by atoms with Crippen LogP contribution < -0.4 is 0 Å². The summed E-state index contributed by atoms with van der Waals surface area (Å²) in [5.74, 6) is 0. The molecule has 0 aliphatic carbocycles. The van der Waals surface area contributed by atoms with Gasteiger partial charge in [-0.3, -0.25) is 9.58 Å². The summed E-state index contributed by atoms with van der Waals surface area (Å²) >= 11 is 0. The van der Waals surface area contributed by atoms with E-state index in [9.17, 15) is 0 Å². The summed E-state index contributed by atoms with van der Waals surface area (Å²) in [7, 11) is 0. The molecular weight excluding hydrogens is 264 g/mol. The first-order valence-corrected chi connectivity index (χ1v) is 8.39. The maximum atomic E-state index is 6.00. The molecule has 0 amide bonds. The molecule has 0 aromatic carbocycles. The Hall–Kier alpha value is -0.910. The van der Waals surface area contributed by atoms with Crippen LogP contribution in [-0.2, 0) is 17.8 Å². The first-order chi connectivity index (χ1) is 10.3. The summed E-state index contributed by atoms with van der Waals surface area (Å²) in [6.45, 7) is 11.8. The predicted octanol–water partition coefficient (Wildman–Crippen LogP) is 1.59. The largest absolute Gasteiger partial charge is 0.375 e. The number of aromatic nitrogens is 2. The van der Waals surface area contributed by atoms with E-state index in [0.29, 0.717) is 12.1 Å². The number of aryl methyl sites for hydroxylation is 1. The highest BCUT2D eigenvalue weighted by Crippen LogP contribution is 2.24. The third kappa shape index (κ3) is 3.47. The Bertz CT molecular complexity index is 447. The third-order valence-corrected chi connectivity index (χ3v) is 4.76. The van der Waals surface area contributed by atoms with Crippen LogP contribution in [0.25, 0.3) is 0 Å². The number of morpholine rings is 1. The van der Waals surface area contributed by atoms with Gasteiger partial charge >= 0.3 is 0 Å². The molecule has 5 heteroatoms. The molecule has 3 heterocycles. The number of hydrogen-bond acceptors (Lipinski definition) is 4. The van der Waals surface area contributed by atoms with Gasteiger partial charge in [0.2, 0.25) is 0 Å². The first kappa shape index (κ1) is 15.0. The van der Waals surface area contributed by atoms with Crippen LogP contribution in [0.3, 0.4) is 0 Å². The molecule has 0 N–H and O–H groups in total. The average Bonchev–Trinajstić information content (AvgIpc) is 2.95. The number of fused-ring (bicyclic) bond motifs is 1. The third-order valence-electron chi connectivity index (χ3n) is 4.76. The summed E-state index contributed by atoms with van der Waals surface area (Å²) in [5.41, 5.74) is 1.33. The summed E-state index contributed by atoms with van der Waals surface area (Å²) in [6.07, 6.45) is 6.96. The summed E-state index contributed by atoms with van der Waals surface area (Å²) in [6, 6.07) is 0.543. The normalized spacial score (nSPS) is 27.7. The number of nitrogens with zero attached hydrogens (tertiary/aromatic N) is 4. The van der Waals surface area contributed by atoms with Crippen LogP contribution in [0, 0.1) is 0 Å². The highest BCUT2D eigenvalue weighted by atomic mass is 16.5. The Morgan fingerprint density at radius 1 is 1.33 bits per heavy atom. The van der Waals surface area contributed by atoms with Gasteiger partial charge in [-0.25, -0.2) is 0 Å². The number of hydrogen-bond donors (Lipinski definition) is 0. The molecule has 1 aromatic rings. The van der Waals surface area contributed by atoms with Gasteiger partial charge in [0.15, 0.2) is 0 Å². The zero-order valence-corrected chi connectivity index (χ0v) is 13.4.